The van der Waals surface area contributed by atoms with Gasteiger partial charge in [-0.25, -0.2) is 0 Å². The van der Waals surface area contributed by atoms with Crippen LogP contribution in [0.2, 0.25) is 0 Å². The van der Waals surface area contributed by atoms with E-state index in [0.717, 1.165) is 30.0 Å². The molecule has 15 heavy (non-hydrogen) atoms. The highest BCUT2D eigenvalue weighted by Gasteiger charge is 2.42. The molecule has 2 heteroatoms. The molecule has 0 bridgehead atoms. The SMILES string of the molecule is CC(C)N1CC(C2CC2)NCC1C1CC1. The van der Waals surface area contributed by atoms with Gasteiger partial charge in [-0.05, 0) is 51.4 Å². The summed E-state index contributed by atoms with van der Waals surface area (Å²) in [5, 5.41) is 3.80. The van der Waals surface area contributed by atoms with Crippen LogP contribution >= 0.6 is 0 Å². The number of nitrogens with zero attached hydrogens (tertiary/aromatic N) is 1. The summed E-state index contributed by atoms with van der Waals surface area (Å²) >= 11 is 0. The summed E-state index contributed by atoms with van der Waals surface area (Å²) in [5.74, 6) is 2.02. The second kappa shape index (κ2) is 3.74. The molecule has 0 radical (unpaired) electrons. The maximum Gasteiger partial charge on any atom is 0.0252 e. The average molecular weight is 208 g/mol. The molecular weight excluding hydrogens is 184 g/mol. The van der Waals surface area contributed by atoms with Gasteiger partial charge in [-0.15, -0.1) is 0 Å². The molecule has 0 amide bonds. The van der Waals surface area contributed by atoms with Crippen molar-refractivity contribution < 1.29 is 0 Å². The van der Waals surface area contributed by atoms with Crippen molar-refractivity contribution in [2.24, 2.45) is 11.8 Å². The van der Waals surface area contributed by atoms with Gasteiger partial charge in [0.05, 0.1) is 0 Å². The Hall–Kier alpha value is -0.0800. The van der Waals surface area contributed by atoms with Crippen LogP contribution in [0.1, 0.15) is 39.5 Å². The maximum absolute atomic E-state index is 3.80. The molecule has 0 spiro atoms. The molecule has 3 rings (SSSR count). The first-order valence-electron chi connectivity index (χ1n) is 6.75. The monoisotopic (exact) mass is 208 g/mol. The average Bonchev–Trinajstić information content (AvgIpc) is 3.07. The first-order chi connectivity index (χ1) is 7.25. The Morgan fingerprint density at radius 2 is 1.73 bits per heavy atom. The summed E-state index contributed by atoms with van der Waals surface area (Å²) in [4.78, 5) is 2.77. The fourth-order valence-corrected chi connectivity index (χ4v) is 3.14. The minimum absolute atomic E-state index is 0.735. The highest BCUT2D eigenvalue weighted by molar-refractivity contribution is 4.99. The zero-order chi connectivity index (χ0) is 10.4. The predicted octanol–water partition coefficient (Wildman–Crippen LogP) is 1.86. The van der Waals surface area contributed by atoms with Crippen LogP contribution < -0.4 is 5.32 Å². The van der Waals surface area contributed by atoms with Crippen molar-refractivity contribution >= 4 is 0 Å². The van der Waals surface area contributed by atoms with Gasteiger partial charge < -0.3 is 5.32 Å². The fourth-order valence-electron chi connectivity index (χ4n) is 3.14. The van der Waals surface area contributed by atoms with E-state index in [1.54, 1.807) is 0 Å². The molecule has 86 valence electrons. The van der Waals surface area contributed by atoms with Crippen LogP contribution in [-0.4, -0.2) is 36.1 Å². The van der Waals surface area contributed by atoms with Gasteiger partial charge in [-0.2, -0.15) is 0 Å². The van der Waals surface area contributed by atoms with Gasteiger partial charge in [0.15, 0.2) is 0 Å². The minimum atomic E-state index is 0.735. The molecule has 0 aromatic rings. The molecule has 2 saturated carbocycles. The molecule has 2 unspecified atom stereocenters. The quantitative estimate of drug-likeness (QED) is 0.761. The van der Waals surface area contributed by atoms with Crippen LogP contribution in [0.4, 0.5) is 0 Å². The summed E-state index contributed by atoms with van der Waals surface area (Å²) in [5.41, 5.74) is 0. The summed E-state index contributed by atoms with van der Waals surface area (Å²) in [6, 6.07) is 2.39. The second-order valence-electron chi connectivity index (χ2n) is 6.05. The highest BCUT2D eigenvalue weighted by atomic mass is 15.3. The molecule has 1 N–H and O–H groups in total. The zero-order valence-electron chi connectivity index (χ0n) is 10.1. The van der Waals surface area contributed by atoms with Crippen LogP contribution in [0.15, 0.2) is 0 Å². The van der Waals surface area contributed by atoms with Crippen LogP contribution in [-0.2, 0) is 0 Å². The van der Waals surface area contributed by atoms with E-state index in [2.05, 4.69) is 24.1 Å². The Bertz CT molecular complexity index is 231. The normalized spacial score (nSPS) is 38.6. The maximum atomic E-state index is 3.80. The third-order valence-electron chi connectivity index (χ3n) is 4.44. The van der Waals surface area contributed by atoms with E-state index in [-0.39, 0.29) is 0 Å². The van der Waals surface area contributed by atoms with E-state index < -0.39 is 0 Å². The van der Waals surface area contributed by atoms with Gasteiger partial charge in [0.1, 0.15) is 0 Å². The zero-order valence-corrected chi connectivity index (χ0v) is 10.1. The van der Waals surface area contributed by atoms with E-state index >= 15 is 0 Å². The molecule has 1 heterocycles. The molecule has 1 saturated heterocycles. The molecule has 3 aliphatic rings. The first-order valence-corrected chi connectivity index (χ1v) is 6.75. The summed E-state index contributed by atoms with van der Waals surface area (Å²) in [6.45, 7) is 7.29. The Morgan fingerprint density at radius 1 is 1.07 bits per heavy atom. The molecule has 1 aliphatic heterocycles. The molecule has 0 aromatic heterocycles. The van der Waals surface area contributed by atoms with Gasteiger partial charge in [0.25, 0.3) is 0 Å². The largest absolute Gasteiger partial charge is 0.311 e. The van der Waals surface area contributed by atoms with Crippen molar-refractivity contribution in [3.8, 4) is 0 Å². The summed E-state index contributed by atoms with van der Waals surface area (Å²) in [7, 11) is 0. The summed E-state index contributed by atoms with van der Waals surface area (Å²) < 4.78 is 0. The lowest BCUT2D eigenvalue weighted by Gasteiger charge is -2.43. The minimum Gasteiger partial charge on any atom is -0.311 e. The van der Waals surface area contributed by atoms with Crippen molar-refractivity contribution in [2.75, 3.05) is 13.1 Å². The standard InChI is InChI=1S/C13H24N2/c1-9(2)15-8-12(10-3-4-10)14-7-13(15)11-5-6-11/h9-14H,3-8H2,1-2H3. The van der Waals surface area contributed by atoms with E-state index in [9.17, 15) is 0 Å². The fraction of sp³-hybridized carbons (Fsp3) is 1.00. The molecule has 2 atom stereocenters. The highest BCUT2D eigenvalue weighted by Crippen LogP contribution is 2.40. The van der Waals surface area contributed by atoms with Crippen molar-refractivity contribution in [1.29, 1.82) is 0 Å². The van der Waals surface area contributed by atoms with Crippen molar-refractivity contribution in [2.45, 2.75) is 57.7 Å². The number of nitrogens with one attached hydrogen (secondary N) is 1. The Kier molecular flexibility index (Phi) is 2.52. The van der Waals surface area contributed by atoms with E-state index in [4.69, 9.17) is 0 Å². The van der Waals surface area contributed by atoms with E-state index in [1.807, 2.05) is 0 Å². The van der Waals surface area contributed by atoms with Crippen LogP contribution in [0.5, 0.6) is 0 Å². The Balaban J connectivity index is 1.65. The number of hydrogen-bond donors (Lipinski definition) is 1. The van der Waals surface area contributed by atoms with Gasteiger partial charge >= 0.3 is 0 Å². The van der Waals surface area contributed by atoms with Crippen LogP contribution in [0.25, 0.3) is 0 Å². The van der Waals surface area contributed by atoms with Crippen molar-refractivity contribution in [1.82, 2.24) is 10.2 Å². The number of rotatable bonds is 3. The van der Waals surface area contributed by atoms with Gasteiger partial charge in [0.2, 0.25) is 0 Å². The van der Waals surface area contributed by atoms with Crippen LogP contribution in [0.3, 0.4) is 0 Å². The Morgan fingerprint density at radius 3 is 2.27 bits per heavy atom. The Labute approximate surface area is 93.4 Å². The van der Waals surface area contributed by atoms with Gasteiger partial charge in [-0.3, -0.25) is 4.90 Å². The van der Waals surface area contributed by atoms with Crippen molar-refractivity contribution in [3.05, 3.63) is 0 Å². The van der Waals surface area contributed by atoms with Crippen molar-refractivity contribution in [3.63, 3.8) is 0 Å². The summed E-state index contributed by atoms with van der Waals surface area (Å²) in [6.07, 6.45) is 5.89. The number of hydrogen-bond acceptors (Lipinski definition) is 2. The predicted molar refractivity (Wildman–Crippen MR) is 62.9 cm³/mol. The molecular formula is C13H24N2. The van der Waals surface area contributed by atoms with E-state index in [1.165, 1.54) is 38.8 Å². The van der Waals surface area contributed by atoms with E-state index in [0.29, 0.717) is 0 Å². The molecule has 2 nitrogen and oxygen atoms in total. The third-order valence-corrected chi connectivity index (χ3v) is 4.44. The molecule has 3 fully saturated rings. The third kappa shape index (κ3) is 2.07. The first kappa shape index (κ1) is 10.1. The van der Waals surface area contributed by atoms with Gasteiger partial charge in [-0.1, -0.05) is 0 Å². The van der Waals surface area contributed by atoms with Gasteiger partial charge in [0, 0.05) is 31.2 Å². The molecule has 2 aliphatic carbocycles. The lowest BCUT2D eigenvalue weighted by Crippen LogP contribution is -2.59. The molecule has 0 aromatic carbocycles. The second-order valence-corrected chi connectivity index (χ2v) is 6.05. The number of piperazine rings is 1. The van der Waals surface area contributed by atoms with Crippen LogP contribution in [0, 0.1) is 11.8 Å². The smallest absolute Gasteiger partial charge is 0.0252 e. The lowest BCUT2D eigenvalue weighted by molar-refractivity contribution is 0.0777. The topological polar surface area (TPSA) is 15.3 Å². The lowest BCUT2D eigenvalue weighted by atomic mass is 10.0.